The Bertz CT molecular complexity index is 633. The minimum Gasteiger partial charge on any atom is -0.550 e. The highest BCUT2D eigenvalue weighted by Gasteiger charge is 2.39. The van der Waals surface area contributed by atoms with Crippen molar-refractivity contribution < 1.29 is 34.2 Å². The van der Waals surface area contributed by atoms with E-state index < -0.39 is 35.8 Å². The van der Waals surface area contributed by atoms with E-state index in [9.17, 15) is 24.6 Å². The van der Waals surface area contributed by atoms with Gasteiger partial charge < -0.3 is 30.3 Å². The minimum absolute atomic E-state index is 0. The summed E-state index contributed by atoms with van der Waals surface area (Å²) in [4.78, 5) is 32.4. The van der Waals surface area contributed by atoms with Crippen LogP contribution in [-0.2, 0) is 20.8 Å². The van der Waals surface area contributed by atoms with Gasteiger partial charge in [-0.05, 0) is 12.0 Å². The molecule has 0 aliphatic heterocycles. The van der Waals surface area contributed by atoms with Crippen molar-refractivity contribution in [1.29, 1.82) is 0 Å². The Balaban J connectivity index is 0. The van der Waals surface area contributed by atoms with Crippen molar-refractivity contribution in [2.45, 2.75) is 37.8 Å². The van der Waals surface area contributed by atoms with Crippen molar-refractivity contribution in [3.05, 3.63) is 35.9 Å². The second-order valence-electron chi connectivity index (χ2n) is 7.44. The van der Waals surface area contributed by atoms with Gasteiger partial charge in [-0.1, -0.05) is 37.3 Å². The monoisotopic (exact) mass is 418 g/mol. The number of quaternary nitrogens is 1. The molecule has 0 aliphatic rings. The molecule has 4 N–H and O–H groups in total. The second kappa shape index (κ2) is 12.5. The number of nitrogens with two attached hydrogens (primary N) is 1. The van der Waals surface area contributed by atoms with Gasteiger partial charge in [0.1, 0.15) is 12.6 Å². The third-order valence-electron chi connectivity index (χ3n) is 3.63. The Labute approximate surface area is 172 Å². The van der Waals surface area contributed by atoms with E-state index in [-0.39, 0.29) is 25.4 Å². The van der Waals surface area contributed by atoms with Crippen molar-refractivity contribution >= 4 is 30.1 Å². The fourth-order valence-electron chi connectivity index (χ4n) is 2.55. The molecule has 0 saturated carbocycles. The van der Waals surface area contributed by atoms with Crippen LogP contribution in [0.4, 0.5) is 0 Å². The van der Waals surface area contributed by atoms with Crippen LogP contribution < -0.4 is 10.8 Å². The van der Waals surface area contributed by atoms with Crippen LogP contribution in [0.5, 0.6) is 0 Å². The quantitative estimate of drug-likeness (QED) is 0.463. The molecule has 160 valence electrons. The fraction of sp³-hybridized carbons (Fsp3) is 0.526. The Morgan fingerprint density at radius 3 is 2.04 bits per heavy atom. The molecule has 1 rings (SSSR count). The number of rotatable bonds is 9. The summed E-state index contributed by atoms with van der Waals surface area (Å²) in [5, 5.41) is 29.0. The molecule has 1 aromatic rings. The van der Waals surface area contributed by atoms with Crippen LogP contribution in [0.3, 0.4) is 0 Å². The van der Waals surface area contributed by atoms with Crippen molar-refractivity contribution in [2.24, 2.45) is 5.73 Å². The molecule has 0 unspecified atom stereocenters. The van der Waals surface area contributed by atoms with E-state index in [4.69, 9.17) is 10.8 Å². The van der Waals surface area contributed by atoms with Gasteiger partial charge >= 0.3 is 5.97 Å². The summed E-state index contributed by atoms with van der Waals surface area (Å²) in [6, 6.07) is 8.54. The average Bonchev–Trinajstić information content (AvgIpc) is 2.52. The van der Waals surface area contributed by atoms with Gasteiger partial charge in [0.05, 0.1) is 21.1 Å². The second-order valence-corrected chi connectivity index (χ2v) is 7.44. The number of carbonyl (C=O) groups is 3. The molecule has 0 saturated heterocycles. The van der Waals surface area contributed by atoms with Gasteiger partial charge in [-0.2, -0.15) is 0 Å². The molecule has 0 aliphatic carbocycles. The lowest BCUT2D eigenvalue weighted by molar-refractivity contribution is -0.875. The van der Waals surface area contributed by atoms with E-state index in [0.29, 0.717) is 10.9 Å². The highest BCUT2D eigenvalue weighted by Crippen LogP contribution is 2.17. The van der Waals surface area contributed by atoms with Crippen molar-refractivity contribution in [1.82, 2.24) is 0 Å². The number of carbonyl (C=O) groups excluding carboxylic acids is 2. The predicted octanol–water partition coefficient (Wildman–Crippen LogP) is -0.394. The topological polar surface area (TPSA) is 141 Å². The lowest BCUT2D eigenvalue weighted by Crippen LogP contribution is -2.55. The number of aliphatic hydroxyl groups is 1. The molecule has 0 spiro atoms. The van der Waals surface area contributed by atoms with Crippen LogP contribution in [0, 0.1) is 0 Å². The third-order valence-corrected chi connectivity index (χ3v) is 3.63. The maximum atomic E-state index is 11.5. The number of hydrogen-bond donors (Lipinski definition) is 3. The van der Waals surface area contributed by atoms with Crippen LogP contribution in [0.2, 0.25) is 0 Å². The van der Waals surface area contributed by atoms with Crippen LogP contribution in [0.1, 0.15) is 25.3 Å². The largest absolute Gasteiger partial charge is 0.550 e. The van der Waals surface area contributed by atoms with Crippen molar-refractivity contribution in [3.8, 4) is 0 Å². The van der Waals surface area contributed by atoms with Crippen LogP contribution in [0.25, 0.3) is 0 Å². The van der Waals surface area contributed by atoms with Gasteiger partial charge in [-0.15, -0.1) is 12.4 Å². The van der Waals surface area contributed by atoms with E-state index in [1.165, 1.54) is 0 Å². The number of likely N-dealkylation sites (N-methyl/N-ethyl adjacent to an activating group) is 1. The SMILES string of the molecule is CCC(=O)[C@@](O)(CC(=O)[O-])C[N+](C)(C)C.Cl.N[C@@H](Cc1ccccc1)C(=O)O. The lowest BCUT2D eigenvalue weighted by Gasteiger charge is -2.34. The number of carboxylic acid groups (broad SMARTS) is 2. The van der Waals surface area contributed by atoms with Crippen molar-refractivity contribution in [3.63, 3.8) is 0 Å². The number of hydrogen-bond acceptors (Lipinski definition) is 6. The molecule has 0 fully saturated rings. The Kier molecular flexibility index (Phi) is 12.6. The summed E-state index contributed by atoms with van der Waals surface area (Å²) < 4.78 is 0.315. The molecule has 0 heterocycles. The average molecular weight is 419 g/mol. The maximum absolute atomic E-state index is 11.5. The number of benzene rings is 1. The molecular weight excluding hydrogens is 388 g/mol. The summed E-state index contributed by atoms with van der Waals surface area (Å²) >= 11 is 0. The number of nitrogens with zero attached hydrogens (tertiary/aromatic N) is 1. The number of ketones is 1. The number of aliphatic carboxylic acids is 2. The third kappa shape index (κ3) is 11.7. The molecule has 28 heavy (non-hydrogen) atoms. The molecule has 0 aromatic heterocycles. The molecule has 0 amide bonds. The zero-order chi connectivity index (χ0) is 21.3. The fourth-order valence-corrected chi connectivity index (χ4v) is 2.55. The highest BCUT2D eigenvalue weighted by atomic mass is 35.5. The number of halogens is 1. The summed E-state index contributed by atoms with van der Waals surface area (Å²) in [5.41, 5.74) is 4.49. The van der Waals surface area contributed by atoms with Gasteiger partial charge in [0.25, 0.3) is 0 Å². The lowest BCUT2D eigenvalue weighted by atomic mass is 9.91. The summed E-state index contributed by atoms with van der Waals surface area (Å²) in [5.74, 6) is -2.83. The maximum Gasteiger partial charge on any atom is 0.320 e. The van der Waals surface area contributed by atoms with Crippen LogP contribution >= 0.6 is 12.4 Å². The molecule has 1 aromatic carbocycles. The van der Waals surface area contributed by atoms with E-state index >= 15 is 0 Å². The van der Waals surface area contributed by atoms with E-state index in [1.54, 1.807) is 28.1 Å². The first-order valence-electron chi connectivity index (χ1n) is 8.59. The van der Waals surface area contributed by atoms with Gasteiger partial charge in [0.2, 0.25) is 0 Å². The van der Waals surface area contributed by atoms with Gasteiger partial charge in [-0.25, -0.2) is 0 Å². The Hall–Kier alpha value is -2.00. The highest BCUT2D eigenvalue weighted by molar-refractivity contribution is 5.90. The Morgan fingerprint density at radius 1 is 1.18 bits per heavy atom. The summed E-state index contributed by atoms with van der Waals surface area (Å²) in [6.45, 7) is 1.66. The van der Waals surface area contributed by atoms with Crippen LogP contribution in [-0.4, -0.2) is 71.7 Å². The smallest absolute Gasteiger partial charge is 0.320 e. The number of Topliss-reactive ketones (excluding diaryl/α,β-unsaturated/α-hetero) is 1. The predicted molar refractivity (Wildman–Crippen MR) is 106 cm³/mol. The summed E-state index contributed by atoms with van der Waals surface area (Å²) in [7, 11) is 5.34. The first kappa shape index (κ1) is 28.2. The van der Waals surface area contributed by atoms with E-state index in [1.807, 2.05) is 30.3 Å². The first-order valence-corrected chi connectivity index (χ1v) is 8.59. The van der Waals surface area contributed by atoms with E-state index in [2.05, 4.69) is 0 Å². The summed E-state index contributed by atoms with van der Waals surface area (Å²) in [6.07, 6.45) is -0.144. The first-order chi connectivity index (χ1) is 12.3. The normalized spacial score (nSPS) is 13.8. The Morgan fingerprint density at radius 2 is 1.68 bits per heavy atom. The molecular formula is C19H31ClN2O6. The molecule has 9 heteroatoms. The molecule has 2 atom stereocenters. The molecule has 8 nitrogen and oxygen atoms in total. The van der Waals surface area contributed by atoms with E-state index in [0.717, 1.165) is 5.56 Å². The van der Waals surface area contributed by atoms with Crippen molar-refractivity contribution in [2.75, 3.05) is 27.7 Å². The number of carboxylic acids is 2. The van der Waals surface area contributed by atoms with Crippen LogP contribution in [0.15, 0.2) is 30.3 Å². The standard InChI is InChI=1S/C10H19NO4.C9H11NO2.ClH/c1-5-8(12)10(15,6-9(13)14)7-11(2,3)4;10-8(9(11)12)6-7-4-2-1-3-5-7;/h15H,5-7H2,1-4H3;1-5,8H,6,10H2,(H,11,12);1H/t10-;8-;/m10./s1. The zero-order valence-electron chi connectivity index (χ0n) is 16.8. The van der Waals surface area contributed by atoms with Gasteiger partial charge in [0, 0.05) is 18.8 Å². The molecule has 0 bridgehead atoms. The van der Waals surface area contributed by atoms with Gasteiger partial charge in [0.15, 0.2) is 11.4 Å². The minimum atomic E-state index is -1.81. The van der Waals surface area contributed by atoms with Gasteiger partial charge in [-0.3, -0.25) is 9.59 Å². The molecule has 0 radical (unpaired) electrons. The zero-order valence-corrected chi connectivity index (χ0v) is 17.6.